The Morgan fingerprint density at radius 2 is 2.20 bits per heavy atom. The Morgan fingerprint density at radius 1 is 1.35 bits per heavy atom. The Balaban J connectivity index is 1.67. The van der Waals surface area contributed by atoms with Crippen molar-refractivity contribution in [1.29, 1.82) is 0 Å². The van der Waals surface area contributed by atoms with Crippen LogP contribution in [-0.4, -0.2) is 22.9 Å². The van der Waals surface area contributed by atoms with Gasteiger partial charge in [-0.15, -0.1) is 0 Å². The zero-order chi connectivity index (χ0) is 13.8. The van der Waals surface area contributed by atoms with Crippen LogP contribution < -0.4 is 10.1 Å². The Morgan fingerprint density at radius 3 is 2.95 bits per heavy atom. The molecule has 0 spiro atoms. The molecule has 1 aliphatic rings. The van der Waals surface area contributed by atoms with Crippen molar-refractivity contribution in [3.63, 3.8) is 0 Å². The second-order valence-corrected chi connectivity index (χ2v) is 5.38. The van der Waals surface area contributed by atoms with Gasteiger partial charge in [0.05, 0.1) is 12.2 Å². The van der Waals surface area contributed by atoms with Crippen LogP contribution in [0.2, 0.25) is 5.15 Å². The van der Waals surface area contributed by atoms with E-state index in [9.17, 15) is 0 Å². The Kier molecular flexibility index (Phi) is 4.23. The summed E-state index contributed by atoms with van der Waals surface area (Å²) in [6.07, 6.45) is 3.97. The van der Waals surface area contributed by atoms with Crippen molar-refractivity contribution in [3.8, 4) is 5.75 Å². The van der Waals surface area contributed by atoms with E-state index in [2.05, 4.69) is 10.4 Å². The standard InChI is InChI=1S/C15H18ClN3O/c16-15-14(20-11-12-5-2-1-3-6-12)10-18-19(15)13-7-4-8-17-9-13/h1-3,5-6,10,13,17H,4,7-9,11H2. The van der Waals surface area contributed by atoms with Gasteiger partial charge in [-0.2, -0.15) is 5.10 Å². The Labute approximate surface area is 123 Å². The van der Waals surface area contributed by atoms with Crippen molar-refractivity contribution < 1.29 is 4.74 Å². The normalized spacial score (nSPS) is 18.9. The van der Waals surface area contributed by atoms with Crippen LogP contribution in [-0.2, 0) is 6.61 Å². The second kappa shape index (κ2) is 6.29. The summed E-state index contributed by atoms with van der Waals surface area (Å²) in [6, 6.07) is 10.4. The molecule has 0 saturated carbocycles. The van der Waals surface area contributed by atoms with Crippen LogP contribution >= 0.6 is 11.6 Å². The highest BCUT2D eigenvalue weighted by atomic mass is 35.5. The van der Waals surface area contributed by atoms with E-state index in [0.717, 1.165) is 31.5 Å². The van der Waals surface area contributed by atoms with Gasteiger partial charge in [0.1, 0.15) is 6.61 Å². The third kappa shape index (κ3) is 2.97. The number of rotatable bonds is 4. The highest BCUT2D eigenvalue weighted by molar-refractivity contribution is 6.31. The lowest BCUT2D eigenvalue weighted by molar-refractivity contribution is 0.303. The van der Waals surface area contributed by atoms with E-state index in [4.69, 9.17) is 16.3 Å². The molecule has 1 saturated heterocycles. The first-order valence-corrected chi connectivity index (χ1v) is 7.33. The predicted octanol–water partition coefficient (Wildman–Crippen LogP) is 3.04. The molecule has 0 radical (unpaired) electrons. The molecule has 2 aromatic rings. The van der Waals surface area contributed by atoms with Gasteiger partial charge in [0, 0.05) is 6.54 Å². The summed E-state index contributed by atoms with van der Waals surface area (Å²) < 4.78 is 7.63. The predicted molar refractivity (Wildman–Crippen MR) is 79.2 cm³/mol. The van der Waals surface area contributed by atoms with E-state index in [1.165, 1.54) is 0 Å². The lowest BCUT2D eigenvalue weighted by atomic mass is 10.1. The van der Waals surface area contributed by atoms with Gasteiger partial charge in [0.2, 0.25) is 0 Å². The van der Waals surface area contributed by atoms with Crippen molar-refractivity contribution in [2.24, 2.45) is 0 Å². The van der Waals surface area contributed by atoms with Crippen LogP contribution in [0, 0.1) is 0 Å². The molecule has 1 fully saturated rings. The molecule has 1 N–H and O–H groups in total. The third-order valence-electron chi connectivity index (χ3n) is 3.56. The first-order chi connectivity index (χ1) is 9.84. The lowest BCUT2D eigenvalue weighted by Crippen LogP contribution is -2.32. The van der Waals surface area contributed by atoms with Gasteiger partial charge in [-0.25, -0.2) is 4.68 Å². The maximum Gasteiger partial charge on any atom is 0.176 e. The van der Waals surface area contributed by atoms with Crippen LogP contribution in [0.4, 0.5) is 0 Å². The second-order valence-electron chi connectivity index (χ2n) is 5.02. The van der Waals surface area contributed by atoms with Gasteiger partial charge in [-0.3, -0.25) is 0 Å². The van der Waals surface area contributed by atoms with Crippen LogP contribution in [0.1, 0.15) is 24.4 Å². The van der Waals surface area contributed by atoms with Crippen LogP contribution in [0.3, 0.4) is 0 Å². The van der Waals surface area contributed by atoms with Gasteiger partial charge in [0.25, 0.3) is 0 Å². The summed E-state index contributed by atoms with van der Waals surface area (Å²) in [4.78, 5) is 0. The molecule has 4 nitrogen and oxygen atoms in total. The van der Waals surface area contributed by atoms with Crippen molar-refractivity contribution in [3.05, 3.63) is 47.2 Å². The summed E-state index contributed by atoms with van der Waals surface area (Å²) in [7, 11) is 0. The number of halogens is 1. The molecule has 1 aromatic carbocycles. The molecule has 20 heavy (non-hydrogen) atoms. The van der Waals surface area contributed by atoms with Crippen LogP contribution in [0.25, 0.3) is 0 Å². The zero-order valence-electron chi connectivity index (χ0n) is 11.3. The minimum Gasteiger partial charge on any atom is -0.484 e. The van der Waals surface area contributed by atoms with Crippen molar-refractivity contribution in [1.82, 2.24) is 15.1 Å². The van der Waals surface area contributed by atoms with E-state index in [1.54, 1.807) is 6.20 Å². The van der Waals surface area contributed by atoms with E-state index in [1.807, 2.05) is 35.0 Å². The van der Waals surface area contributed by atoms with Crippen molar-refractivity contribution >= 4 is 11.6 Å². The molecular weight excluding hydrogens is 274 g/mol. The summed E-state index contributed by atoms with van der Waals surface area (Å²) in [5.41, 5.74) is 1.12. The molecule has 0 bridgehead atoms. The maximum absolute atomic E-state index is 6.37. The van der Waals surface area contributed by atoms with Crippen LogP contribution in [0.5, 0.6) is 5.75 Å². The summed E-state index contributed by atoms with van der Waals surface area (Å²) in [6.45, 7) is 2.50. The number of piperidine rings is 1. The fraction of sp³-hybridized carbons (Fsp3) is 0.400. The maximum atomic E-state index is 6.37. The number of nitrogens with one attached hydrogen (secondary N) is 1. The number of aromatic nitrogens is 2. The van der Waals surface area contributed by atoms with Gasteiger partial charge in [0.15, 0.2) is 10.9 Å². The monoisotopic (exact) mass is 291 g/mol. The molecule has 1 atom stereocenters. The average molecular weight is 292 g/mol. The van der Waals surface area contributed by atoms with Crippen LogP contribution in [0.15, 0.2) is 36.5 Å². The molecular formula is C15H18ClN3O. The highest BCUT2D eigenvalue weighted by Gasteiger charge is 2.20. The molecule has 1 aliphatic heterocycles. The minimum atomic E-state index is 0.324. The number of hydrogen-bond acceptors (Lipinski definition) is 3. The largest absolute Gasteiger partial charge is 0.484 e. The first-order valence-electron chi connectivity index (χ1n) is 6.95. The summed E-state index contributed by atoms with van der Waals surface area (Å²) in [5.74, 6) is 0.654. The van der Waals surface area contributed by atoms with E-state index < -0.39 is 0 Å². The minimum absolute atomic E-state index is 0.324. The smallest absolute Gasteiger partial charge is 0.176 e. The Hall–Kier alpha value is -1.52. The molecule has 0 aliphatic carbocycles. The van der Waals surface area contributed by atoms with E-state index >= 15 is 0 Å². The molecule has 1 aromatic heterocycles. The van der Waals surface area contributed by atoms with E-state index in [-0.39, 0.29) is 0 Å². The molecule has 5 heteroatoms. The summed E-state index contributed by atoms with van der Waals surface area (Å²) >= 11 is 6.37. The number of benzene rings is 1. The van der Waals surface area contributed by atoms with Gasteiger partial charge in [-0.1, -0.05) is 41.9 Å². The molecule has 0 amide bonds. The van der Waals surface area contributed by atoms with E-state index in [0.29, 0.717) is 23.6 Å². The zero-order valence-corrected chi connectivity index (χ0v) is 12.0. The topological polar surface area (TPSA) is 39.1 Å². The van der Waals surface area contributed by atoms with Crippen molar-refractivity contribution in [2.75, 3.05) is 13.1 Å². The lowest BCUT2D eigenvalue weighted by Gasteiger charge is -2.23. The molecule has 1 unspecified atom stereocenters. The summed E-state index contributed by atoms with van der Waals surface area (Å²) in [5, 5.41) is 8.33. The fourth-order valence-corrected chi connectivity index (χ4v) is 2.75. The molecule has 2 heterocycles. The number of hydrogen-bond donors (Lipinski definition) is 1. The first kappa shape index (κ1) is 13.5. The SMILES string of the molecule is Clc1c(OCc2ccccc2)cnn1C1CCCNC1. The van der Waals surface area contributed by atoms with Gasteiger partial charge in [-0.05, 0) is 24.9 Å². The highest BCUT2D eigenvalue weighted by Crippen LogP contribution is 2.29. The third-order valence-corrected chi connectivity index (χ3v) is 3.92. The van der Waals surface area contributed by atoms with Gasteiger partial charge < -0.3 is 10.1 Å². The quantitative estimate of drug-likeness (QED) is 0.941. The van der Waals surface area contributed by atoms with Gasteiger partial charge >= 0.3 is 0 Å². The number of nitrogens with zero attached hydrogens (tertiary/aromatic N) is 2. The Bertz CT molecular complexity index is 550. The molecule has 3 rings (SSSR count). The molecule has 106 valence electrons. The van der Waals surface area contributed by atoms with Crippen molar-refractivity contribution in [2.45, 2.75) is 25.5 Å². The average Bonchev–Trinajstić information content (AvgIpc) is 2.88. The fourth-order valence-electron chi connectivity index (χ4n) is 2.46. The number of ether oxygens (including phenoxy) is 1.